The fourth-order valence-electron chi connectivity index (χ4n) is 2.26. The Hall–Kier alpha value is -1.46. The number of aliphatic hydroxyl groups is 1. The quantitative estimate of drug-likeness (QED) is 0.832. The number of hydrogen-bond donors (Lipinski definition) is 1. The summed E-state index contributed by atoms with van der Waals surface area (Å²) in [6, 6.07) is 9.33. The van der Waals surface area contributed by atoms with E-state index in [4.69, 9.17) is 4.74 Å². The highest BCUT2D eigenvalue weighted by molar-refractivity contribution is 9.10. The highest BCUT2D eigenvalue weighted by Crippen LogP contribution is 2.34. The Morgan fingerprint density at radius 2 is 1.86 bits per heavy atom. The summed E-state index contributed by atoms with van der Waals surface area (Å²) >= 11 is 3.02. The molecule has 1 N–H and O–H groups in total. The third-order valence-electron chi connectivity index (χ3n) is 3.35. The van der Waals surface area contributed by atoms with Crippen LogP contribution >= 0.6 is 15.9 Å². The number of para-hydroxylation sites is 1. The lowest BCUT2D eigenvalue weighted by Gasteiger charge is -2.26. The van der Waals surface area contributed by atoms with Crippen LogP contribution in [0.25, 0.3) is 0 Å². The van der Waals surface area contributed by atoms with Gasteiger partial charge < -0.3 is 9.84 Å². The summed E-state index contributed by atoms with van der Waals surface area (Å²) in [6.07, 6.45) is -0.204. The third-order valence-corrected chi connectivity index (χ3v) is 3.96. The Labute approximate surface area is 130 Å². The molecular weight excluding hydrogens is 342 g/mol. The lowest BCUT2D eigenvalue weighted by Crippen LogP contribution is -2.26. The van der Waals surface area contributed by atoms with E-state index in [0.29, 0.717) is 11.3 Å². The Balaban J connectivity index is 2.45. The predicted molar refractivity (Wildman–Crippen MR) is 80.3 cm³/mol. The first-order valence-electron chi connectivity index (χ1n) is 6.35. The van der Waals surface area contributed by atoms with Crippen LogP contribution in [-0.2, 0) is 12.0 Å². The van der Waals surface area contributed by atoms with E-state index in [1.165, 1.54) is 26.2 Å². The highest BCUT2D eigenvalue weighted by Gasteiger charge is 2.30. The Morgan fingerprint density at radius 1 is 1.19 bits per heavy atom. The second-order valence-corrected chi connectivity index (χ2v) is 5.83. The van der Waals surface area contributed by atoms with E-state index in [2.05, 4.69) is 15.9 Å². The van der Waals surface area contributed by atoms with Crippen LogP contribution in [0, 0.1) is 11.6 Å². The van der Waals surface area contributed by atoms with Gasteiger partial charge in [0.25, 0.3) is 0 Å². The maximum atomic E-state index is 14.1. The molecule has 0 saturated heterocycles. The van der Waals surface area contributed by atoms with Gasteiger partial charge in [-0.05, 0) is 41.1 Å². The molecule has 0 saturated carbocycles. The molecule has 0 fully saturated rings. The first-order chi connectivity index (χ1) is 9.86. The number of rotatable bonds is 4. The van der Waals surface area contributed by atoms with Crippen LogP contribution in [0.3, 0.4) is 0 Å². The lowest BCUT2D eigenvalue weighted by atomic mass is 9.88. The normalized spacial score (nSPS) is 13.8. The van der Waals surface area contributed by atoms with Gasteiger partial charge >= 0.3 is 0 Å². The molecule has 1 atom stereocenters. The molecule has 2 nitrogen and oxygen atoms in total. The van der Waals surface area contributed by atoms with Crippen molar-refractivity contribution in [2.45, 2.75) is 18.9 Å². The highest BCUT2D eigenvalue weighted by atomic mass is 79.9. The van der Waals surface area contributed by atoms with Crippen molar-refractivity contribution in [3.05, 3.63) is 63.6 Å². The molecule has 1 unspecified atom stereocenters. The summed E-state index contributed by atoms with van der Waals surface area (Å²) in [5.41, 5.74) is -1.15. The predicted octanol–water partition coefficient (Wildman–Crippen LogP) is 4.19. The van der Waals surface area contributed by atoms with Gasteiger partial charge in [0.15, 0.2) is 0 Å². The minimum atomic E-state index is -1.46. The van der Waals surface area contributed by atoms with Crippen LogP contribution in [0.5, 0.6) is 5.75 Å². The zero-order valence-electron chi connectivity index (χ0n) is 11.7. The van der Waals surface area contributed by atoms with Gasteiger partial charge in [-0.1, -0.05) is 18.2 Å². The number of benzene rings is 2. The Kier molecular flexibility index (Phi) is 4.64. The molecule has 0 heterocycles. The molecule has 0 aromatic heterocycles. The molecule has 112 valence electrons. The second-order valence-electron chi connectivity index (χ2n) is 4.97. The monoisotopic (exact) mass is 356 g/mol. The summed E-state index contributed by atoms with van der Waals surface area (Å²) < 4.78 is 33.3. The van der Waals surface area contributed by atoms with Crippen LogP contribution in [0.15, 0.2) is 40.9 Å². The fraction of sp³-hybridized carbons (Fsp3) is 0.250. The second kappa shape index (κ2) is 6.12. The van der Waals surface area contributed by atoms with Crippen LogP contribution < -0.4 is 4.74 Å². The smallest absolute Gasteiger partial charge is 0.143 e. The molecule has 2 aromatic carbocycles. The van der Waals surface area contributed by atoms with Crippen molar-refractivity contribution in [2.75, 3.05) is 7.11 Å². The summed E-state index contributed by atoms with van der Waals surface area (Å²) in [5.74, 6) is -0.922. The fourth-order valence-corrected chi connectivity index (χ4v) is 2.63. The van der Waals surface area contributed by atoms with Crippen molar-refractivity contribution in [3.8, 4) is 5.75 Å². The molecular formula is C16H15BrF2O2. The largest absolute Gasteiger partial charge is 0.496 e. The van der Waals surface area contributed by atoms with E-state index < -0.39 is 17.2 Å². The van der Waals surface area contributed by atoms with E-state index in [1.54, 1.807) is 24.3 Å². The Bertz CT molecular complexity index is 657. The van der Waals surface area contributed by atoms with E-state index in [1.807, 2.05) is 0 Å². The minimum Gasteiger partial charge on any atom is -0.496 e. The number of halogens is 3. The Morgan fingerprint density at radius 3 is 2.52 bits per heavy atom. The zero-order chi connectivity index (χ0) is 15.6. The summed E-state index contributed by atoms with van der Waals surface area (Å²) in [6.45, 7) is 1.50. The van der Waals surface area contributed by atoms with Gasteiger partial charge in [-0.2, -0.15) is 0 Å². The van der Waals surface area contributed by atoms with Crippen molar-refractivity contribution in [3.63, 3.8) is 0 Å². The van der Waals surface area contributed by atoms with E-state index in [0.717, 1.165) is 0 Å². The number of ether oxygens (including phenoxy) is 1. The van der Waals surface area contributed by atoms with Gasteiger partial charge in [0.1, 0.15) is 17.4 Å². The van der Waals surface area contributed by atoms with Crippen molar-refractivity contribution >= 4 is 15.9 Å². The summed E-state index contributed by atoms with van der Waals surface area (Å²) in [7, 11) is 1.48. The molecule has 2 rings (SSSR count). The molecule has 2 aromatic rings. The topological polar surface area (TPSA) is 29.5 Å². The van der Waals surface area contributed by atoms with Crippen molar-refractivity contribution in [2.24, 2.45) is 0 Å². The summed E-state index contributed by atoms with van der Waals surface area (Å²) in [4.78, 5) is 0. The maximum Gasteiger partial charge on any atom is 0.143 e. The molecule has 0 bridgehead atoms. The third kappa shape index (κ3) is 3.24. The molecule has 0 aliphatic rings. The van der Waals surface area contributed by atoms with Gasteiger partial charge in [0, 0.05) is 17.5 Å². The average molecular weight is 357 g/mol. The minimum absolute atomic E-state index is 0.162. The first kappa shape index (κ1) is 15.9. The van der Waals surface area contributed by atoms with Gasteiger partial charge in [0.2, 0.25) is 0 Å². The average Bonchev–Trinajstić information content (AvgIpc) is 2.47. The molecule has 0 aliphatic carbocycles. The number of methoxy groups -OCH3 is 1. The molecule has 0 spiro atoms. The van der Waals surface area contributed by atoms with Crippen LogP contribution in [-0.4, -0.2) is 12.2 Å². The van der Waals surface area contributed by atoms with Crippen molar-refractivity contribution in [1.82, 2.24) is 0 Å². The molecule has 5 heteroatoms. The van der Waals surface area contributed by atoms with Crippen LogP contribution in [0.1, 0.15) is 18.1 Å². The van der Waals surface area contributed by atoms with Gasteiger partial charge in [-0.3, -0.25) is 0 Å². The zero-order valence-corrected chi connectivity index (χ0v) is 13.2. The molecule has 0 aliphatic heterocycles. The van der Waals surface area contributed by atoms with Gasteiger partial charge in [-0.15, -0.1) is 0 Å². The van der Waals surface area contributed by atoms with E-state index in [-0.39, 0.29) is 16.5 Å². The molecule has 0 amide bonds. The van der Waals surface area contributed by atoms with Crippen molar-refractivity contribution in [1.29, 1.82) is 0 Å². The van der Waals surface area contributed by atoms with Crippen molar-refractivity contribution < 1.29 is 18.6 Å². The van der Waals surface area contributed by atoms with Crippen LogP contribution in [0.4, 0.5) is 8.78 Å². The number of hydrogen-bond acceptors (Lipinski definition) is 2. The lowest BCUT2D eigenvalue weighted by molar-refractivity contribution is 0.0530. The summed E-state index contributed by atoms with van der Waals surface area (Å²) in [5, 5.41) is 10.7. The standard InChI is InChI=1S/C16H15BrF2O2/c1-16(20,11-5-3-4-6-14(11)21-2)9-10-13(18)8-7-12(17)15(10)19/h3-8,20H,9H2,1-2H3. The van der Waals surface area contributed by atoms with E-state index >= 15 is 0 Å². The van der Waals surface area contributed by atoms with Crippen LogP contribution in [0.2, 0.25) is 0 Å². The first-order valence-corrected chi connectivity index (χ1v) is 7.14. The molecule has 21 heavy (non-hydrogen) atoms. The molecule has 0 radical (unpaired) electrons. The SMILES string of the molecule is COc1ccccc1C(C)(O)Cc1c(F)ccc(Br)c1F. The maximum absolute atomic E-state index is 14.1. The van der Waals surface area contributed by atoms with Gasteiger partial charge in [-0.25, -0.2) is 8.78 Å². The van der Waals surface area contributed by atoms with Gasteiger partial charge in [0.05, 0.1) is 17.2 Å². The van der Waals surface area contributed by atoms with E-state index in [9.17, 15) is 13.9 Å².